The van der Waals surface area contributed by atoms with Gasteiger partial charge in [-0.05, 0) is 31.0 Å². The van der Waals surface area contributed by atoms with E-state index in [1.54, 1.807) is 6.07 Å². The second kappa shape index (κ2) is 6.89. The molecule has 1 heterocycles. The molecule has 0 saturated heterocycles. The van der Waals surface area contributed by atoms with E-state index in [9.17, 15) is 9.18 Å². The molecule has 4 nitrogen and oxygen atoms in total. The lowest BCUT2D eigenvalue weighted by atomic mass is 10.1. The predicted molar refractivity (Wildman–Crippen MR) is 79.8 cm³/mol. The van der Waals surface area contributed by atoms with Crippen molar-refractivity contribution in [3.63, 3.8) is 0 Å². The topological polar surface area (TPSA) is 50.4 Å². The smallest absolute Gasteiger partial charge is 0.236 e. The largest absolute Gasteiger partial charge is 0.488 e. The molecular formula is C16H23FN2O2. The molecule has 2 atom stereocenters. The summed E-state index contributed by atoms with van der Waals surface area (Å²) in [7, 11) is 0. The van der Waals surface area contributed by atoms with Crippen LogP contribution in [0.4, 0.5) is 4.39 Å². The second-order valence-corrected chi connectivity index (χ2v) is 5.96. The molecule has 0 aromatic heterocycles. The summed E-state index contributed by atoms with van der Waals surface area (Å²) in [6.07, 6.45) is 0.614. The highest BCUT2D eigenvalue weighted by atomic mass is 19.1. The van der Waals surface area contributed by atoms with Gasteiger partial charge in [0.1, 0.15) is 17.7 Å². The van der Waals surface area contributed by atoms with Crippen molar-refractivity contribution >= 4 is 5.91 Å². The van der Waals surface area contributed by atoms with Crippen LogP contribution in [-0.2, 0) is 11.2 Å². The summed E-state index contributed by atoms with van der Waals surface area (Å²) in [6, 6.07) is 4.29. The molecule has 5 heteroatoms. The minimum Gasteiger partial charge on any atom is -0.488 e. The molecule has 0 saturated carbocycles. The van der Waals surface area contributed by atoms with Gasteiger partial charge in [0.25, 0.3) is 0 Å². The summed E-state index contributed by atoms with van der Waals surface area (Å²) in [4.78, 5) is 11.9. The Morgan fingerprint density at radius 1 is 1.43 bits per heavy atom. The third kappa shape index (κ3) is 4.43. The lowest BCUT2D eigenvalue weighted by Crippen LogP contribution is -2.46. The van der Waals surface area contributed by atoms with Gasteiger partial charge in [0.2, 0.25) is 5.91 Å². The summed E-state index contributed by atoms with van der Waals surface area (Å²) >= 11 is 0. The number of hydrogen-bond acceptors (Lipinski definition) is 3. The van der Waals surface area contributed by atoms with Gasteiger partial charge in [0.05, 0.1) is 6.04 Å². The minimum absolute atomic E-state index is 0.00902. The van der Waals surface area contributed by atoms with Crippen LogP contribution in [0.5, 0.6) is 5.75 Å². The summed E-state index contributed by atoms with van der Waals surface area (Å²) in [5, 5.41) is 6.06. The van der Waals surface area contributed by atoms with E-state index in [1.165, 1.54) is 12.1 Å². The summed E-state index contributed by atoms with van der Waals surface area (Å²) in [5.41, 5.74) is 0.888. The monoisotopic (exact) mass is 294 g/mol. The zero-order chi connectivity index (χ0) is 15.4. The Morgan fingerprint density at radius 3 is 2.90 bits per heavy atom. The number of ether oxygens (including phenoxy) is 1. The quantitative estimate of drug-likeness (QED) is 0.842. The van der Waals surface area contributed by atoms with Crippen molar-refractivity contribution in [3.05, 3.63) is 29.6 Å². The fourth-order valence-corrected chi connectivity index (χ4v) is 2.26. The Morgan fingerprint density at radius 2 is 2.19 bits per heavy atom. The first-order valence-corrected chi connectivity index (χ1v) is 7.42. The van der Waals surface area contributed by atoms with Gasteiger partial charge < -0.3 is 15.4 Å². The van der Waals surface area contributed by atoms with E-state index in [2.05, 4.69) is 24.5 Å². The average Bonchev–Trinajstić information content (AvgIpc) is 2.83. The molecule has 1 aromatic rings. The van der Waals surface area contributed by atoms with Crippen LogP contribution in [0, 0.1) is 11.7 Å². The zero-order valence-corrected chi connectivity index (χ0v) is 12.8. The van der Waals surface area contributed by atoms with Crippen LogP contribution in [0.1, 0.15) is 26.3 Å². The summed E-state index contributed by atoms with van der Waals surface area (Å²) < 4.78 is 18.9. The maximum atomic E-state index is 13.1. The van der Waals surface area contributed by atoms with Gasteiger partial charge in [-0.2, -0.15) is 0 Å². The van der Waals surface area contributed by atoms with Crippen molar-refractivity contribution < 1.29 is 13.9 Å². The van der Waals surface area contributed by atoms with Crippen molar-refractivity contribution in [1.82, 2.24) is 10.6 Å². The van der Waals surface area contributed by atoms with Crippen molar-refractivity contribution in [2.45, 2.75) is 39.3 Å². The number of benzene rings is 1. The standard InChI is InChI=1S/C16H23FN2O2/c1-10(2)8-19-16(20)11(3)18-9-14-7-12-6-13(17)4-5-15(12)21-14/h4-6,10-11,14,18H,7-9H2,1-3H3,(H,19,20). The van der Waals surface area contributed by atoms with Crippen LogP contribution in [-0.4, -0.2) is 31.1 Å². The molecule has 0 fully saturated rings. The van der Waals surface area contributed by atoms with E-state index in [0.29, 0.717) is 25.4 Å². The molecule has 0 aliphatic carbocycles. The summed E-state index contributed by atoms with van der Waals surface area (Å²) in [5.74, 6) is 0.918. The van der Waals surface area contributed by atoms with Crippen LogP contribution in [0.25, 0.3) is 0 Å². The number of carbonyl (C=O) groups is 1. The fourth-order valence-electron chi connectivity index (χ4n) is 2.26. The molecule has 0 bridgehead atoms. The number of amides is 1. The van der Waals surface area contributed by atoms with E-state index in [4.69, 9.17) is 4.74 Å². The Labute approximate surface area is 125 Å². The lowest BCUT2D eigenvalue weighted by Gasteiger charge is -2.17. The predicted octanol–water partition coefficient (Wildman–Crippen LogP) is 1.88. The molecule has 0 radical (unpaired) electrons. The van der Waals surface area contributed by atoms with E-state index >= 15 is 0 Å². The van der Waals surface area contributed by atoms with Crippen LogP contribution >= 0.6 is 0 Å². The van der Waals surface area contributed by atoms with Crippen molar-refractivity contribution in [1.29, 1.82) is 0 Å². The number of rotatable bonds is 6. The first-order valence-electron chi connectivity index (χ1n) is 7.42. The molecule has 0 spiro atoms. The highest BCUT2D eigenvalue weighted by Gasteiger charge is 2.24. The van der Waals surface area contributed by atoms with Gasteiger partial charge in [-0.1, -0.05) is 13.8 Å². The first kappa shape index (κ1) is 15.8. The molecule has 1 aliphatic rings. The van der Waals surface area contributed by atoms with Gasteiger partial charge >= 0.3 is 0 Å². The molecular weight excluding hydrogens is 271 g/mol. The minimum atomic E-state index is -0.271. The fraction of sp³-hybridized carbons (Fsp3) is 0.562. The van der Waals surface area contributed by atoms with Gasteiger partial charge in [-0.15, -0.1) is 0 Å². The number of hydrogen-bond donors (Lipinski definition) is 2. The molecule has 1 amide bonds. The normalized spacial score (nSPS) is 18.2. The highest BCUT2D eigenvalue weighted by Crippen LogP contribution is 2.28. The third-order valence-electron chi connectivity index (χ3n) is 3.49. The van der Waals surface area contributed by atoms with Gasteiger partial charge in [-0.3, -0.25) is 4.79 Å². The number of nitrogens with one attached hydrogen (secondary N) is 2. The molecule has 2 N–H and O–H groups in total. The number of carbonyl (C=O) groups excluding carboxylic acids is 1. The third-order valence-corrected chi connectivity index (χ3v) is 3.49. The Balaban J connectivity index is 1.76. The van der Waals surface area contributed by atoms with E-state index < -0.39 is 0 Å². The van der Waals surface area contributed by atoms with Crippen LogP contribution in [0.15, 0.2) is 18.2 Å². The van der Waals surface area contributed by atoms with Crippen molar-refractivity contribution in [3.8, 4) is 5.75 Å². The Kier molecular flexibility index (Phi) is 5.17. The second-order valence-electron chi connectivity index (χ2n) is 5.96. The molecule has 1 aromatic carbocycles. The van der Waals surface area contributed by atoms with Gasteiger partial charge in [0.15, 0.2) is 0 Å². The molecule has 1 aliphatic heterocycles. The number of fused-ring (bicyclic) bond motifs is 1. The van der Waals surface area contributed by atoms with Crippen LogP contribution < -0.4 is 15.4 Å². The van der Waals surface area contributed by atoms with Gasteiger partial charge in [0, 0.05) is 25.1 Å². The maximum Gasteiger partial charge on any atom is 0.236 e. The van der Waals surface area contributed by atoms with E-state index in [0.717, 1.165) is 11.3 Å². The molecule has 2 rings (SSSR count). The maximum absolute atomic E-state index is 13.1. The number of halogens is 1. The Bertz CT molecular complexity index is 505. The lowest BCUT2D eigenvalue weighted by molar-refractivity contribution is -0.122. The van der Waals surface area contributed by atoms with E-state index in [1.807, 2.05) is 6.92 Å². The highest BCUT2D eigenvalue weighted by molar-refractivity contribution is 5.81. The summed E-state index contributed by atoms with van der Waals surface area (Å²) in [6.45, 7) is 7.18. The van der Waals surface area contributed by atoms with Crippen molar-refractivity contribution in [2.24, 2.45) is 5.92 Å². The molecule has 116 valence electrons. The first-order chi connectivity index (χ1) is 9.95. The van der Waals surface area contributed by atoms with Crippen LogP contribution in [0.2, 0.25) is 0 Å². The van der Waals surface area contributed by atoms with Crippen molar-refractivity contribution in [2.75, 3.05) is 13.1 Å². The molecule has 2 unspecified atom stereocenters. The van der Waals surface area contributed by atoms with Crippen LogP contribution in [0.3, 0.4) is 0 Å². The Hall–Kier alpha value is -1.62. The molecule has 21 heavy (non-hydrogen) atoms. The SMILES string of the molecule is CC(C)CNC(=O)C(C)NCC1Cc2cc(F)ccc2O1. The average molecular weight is 294 g/mol. The van der Waals surface area contributed by atoms with E-state index in [-0.39, 0.29) is 23.9 Å². The zero-order valence-electron chi connectivity index (χ0n) is 12.8. The van der Waals surface area contributed by atoms with Gasteiger partial charge in [-0.25, -0.2) is 4.39 Å².